The van der Waals surface area contributed by atoms with E-state index in [4.69, 9.17) is 9.47 Å². The topological polar surface area (TPSA) is 65.5 Å². The Balaban J connectivity index is 2.31. The summed E-state index contributed by atoms with van der Waals surface area (Å²) in [6.45, 7) is 2.10. The molecule has 0 aliphatic carbocycles. The van der Waals surface area contributed by atoms with Crippen molar-refractivity contribution in [2.75, 3.05) is 19.8 Å². The number of carbonyl (C=O) groups is 2. The Bertz CT molecular complexity index is 520. The summed E-state index contributed by atoms with van der Waals surface area (Å²) in [4.78, 5) is 28.1. The Morgan fingerprint density at radius 2 is 2.35 bits per heavy atom. The second-order valence-corrected chi connectivity index (χ2v) is 4.72. The summed E-state index contributed by atoms with van der Waals surface area (Å²) in [7, 11) is 0. The van der Waals surface area contributed by atoms with Gasteiger partial charge in [-0.05, 0) is 25.0 Å². The van der Waals surface area contributed by atoms with Crippen LogP contribution in [0.15, 0.2) is 18.5 Å². The third kappa shape index (κ3) is 2.85. The number of halogens is 1. The number of hydrogen-bond donors (Lipinski definition) is 0. The molecule has 1 atom stereocenters. The molecule has 0 radical (unpaired) electrons. The average Bonchev–Trinajstić information content (AvgIpc) is 2.42. The first-order valence-corrected chi connectivity index (χ1v) is 6.46. The number of rotatable bonds is 4. The van der Waals surface area contributed by atoms with Crippen LogP contribution < -0.4 is 0 Å². The molecule has 2 rings (SSSR count). The number of pyridine rings is 1. The van der Waals surface area contributed by atoms with Crippen LogP contribution in [0.1, 0.15) is 18.9 Å². The first-order valence-electron chi connectivity index (χ1n) is 6.46. The highest BCUT2D eigenvalue weighted by atomic mass is 19.1. The maximum atomic E-state index is 13.2. The van der Waals surface area contributed by atoms with E-state index in [1.165, 1.54) is 12.3 Å². The largest absolute Gasteiger partial charge is 0.465 e. The van der Waals surface area contributed by atoms with Crippen molar-refractivity contribution in [2.45, 2.75) is 19.8 Å². The quantitative estimate of drug-likeness (QED) is 0.615. The second kappa shape index (κ2) is 6.09. The average molecular weight is 281 g/mol. The summed E-state index contributed by atoms with van der Waals surface area (Å²) in [6.07, 6.45) is 2.70. The number of nitrogens with zero attached hydrogens (tertiary/aromatic N) is 1. The number of esters is 1. The van der Waals surface area contributed by atoms with Crippen LogP contribution >= 0.6 is 0 Å². The van der Waals surface area contributed by atoms with Crippen molar-refractivity contribution < 1.29 is 23.5 Å². The maximum Gasteiger partial charge on any atom is 0.322 e. The summed E-state index contributed by atoms with van der Waals surface area (Å²) in [5.41, 5.74) is -0.916. The second-order valence-electron chi connectivity index (χ2n) is 4.72. The van der Waals surface area contributed by atoms with Gasteiger partial charge in [-0.25, -0.2) is 4.39 Å². The van der Waals surface area contributed by atoms with Crippen LogP contribution in [0.4, 0.5) is 4.39 Å². The van der Waals surface area contributed by atoms with Gasteiger partial charge in [0.1, 0.15) is 5.82 Å². The lowest BCUT2D eigenvalue weighted by molar-refractivity contribution is -0.169. The van der Waals surface area contributed by atoms with E-state index in [2.05, 4.69) is 4.98 Å². The molecule has 0 bridgehead atoms. The fourth-order valence-corrected chi connectivity index (χ4v) is 2.30. The lowest BCUT2D eigenvalue weighted by Crippen LogP contribution is -2.49. The molecule has 0 N–H and O–H groups in total. The number of carbonyl (C=O) groups excluding carboxylic acids is 2. The van der Waals surface area contributed by atoms with Crippen LogP contribution in [-0.4, -0.2) is 36.6 Å². The van der Waals surface area contributed by atoms with Gasteiger partial charge in [0, 0.05) is 12.6 Å². The zero-order valence-electron chi connectivity index (χ0n) is 11.2. The fraction of sp³-hybridized carbons (Fsp3) is 0.500. The van der Waals surface area contributed by atoms with Crippen LogP contribution in [0.5, 0.6) is 0 Å². The van der Waals surface area contributed by atoms with Crippen molar-refractivity contribution >= 4 is 11.8 Å². The smallest absolute Gasteiger partial charge is 0.322 e. The number of ether oxygens (including phenoxy) is 2. The van der Waals surface area contributed by atoms with E-state index in [-0.39, 0.29) is 31.8 Å². The molecule has 0 amide bonds. The Labute approximate surface area is 116 Å². The molecular formula is C14H16FNO4. The molecule has 0 spiro atoms. The van der Waals surface area contributed by atoms with Gasteiger partial charge in [-0.15, -0.1) is 0 Å². The van der Waals surface area contributed by atoms with Crippen LogP contribution in [0.25, 0.3) is 0 Å². The molecule has 1 aliphatic heterocycles. The SMILES string of the molecule is CCOC(=O)C1(Cc2cncc(F)c2)COCCC1=O. The lowest BCUT2D eigenvalue weighted by atomic mass is 9.76. The van der Waals surface area contributed by atoms with Gasteiger partial charge < -0.3 is 9.47 Å². The van der Waals surface area contributed by atoms with Gasteiger partial charge in [0.2, 0.25) is 0 Å². The summed E-state index contributed by atoms with van der Waals surface area (Å²) in [5.74, 6) is -1.36. The molecule has 108 valence electrons. The Kier molecular flexibility index (Phi) is 4.44. The Morgan fingerprint density at radius 1 is 1.55 bits per heavy atom. The predicted octanol–water partition coefficient (Wildman–Crippen LogP) is 1.30. The molecule has 0 saturated carbocycles. The molecule has 1 aliphatic rings. The Hall–Kier alpha value is -1.82. The molecule has 6 heteroatoms. The molecule has 20 heavy (non-hydrogen) atoms. The Morgan fingerprint density at radius 3 is 3.00 bits per heavy atom. The van der Waals surface area contributed by atoms with Crippen molar-refractivity contribution in [3.63, 3.8) is 0 Å². The number of aromatic nitrogens is 1. The predicted molar refractivity (Wildman–Crippen MR) is 67.4 cm³/mol. The maximum absolute atomic E-state index is 13.2. The summed E-state index contributed by atoms with van der Waals surface area (Å²) in [6, 6.07) is 1.26. The van der Waals surface area contributed by atoms with Crippen molar-refractivity contribution in [3.05, 3.63) is 29.8 Å². The van der Waals surface area contributed by atoms with E-state index in [0.29, 0.717) is 12.2 Å². The molecule has 1 fully saturated rings. The first-order chi connectivity index (χ1) is 9.58. The minimum atomic E-state index is -1.39. The normalized spacial score (nSPS) is 22.6. The number of Topliss-reactive ketones (excluding diaryl/α,β-unsaturated/α-hetero) is 1. The van der Waals surface area contributed by atoms with Crippen LogP contribution in [-0.2, 0) is 25.5 Å². The summed E-state index contributed by atoms with van der Waals surface area (Å²) >= 11 is 0. The van der Waals surface area contributed by atoms with Gasteiger partial charge in [-0.1, -0.05) is 0 Å². The third-order valence-corrected chi connectivity index (χ3v) is 3.29. The van der Waals surface area contributed by atoms with Gasteiger partial charge in [0.15, 0.2) is 11.2 Å². The van der Waals surface area contributed by atoms with Gasteiger partial charge in [0.25, 0.3) is 0 Å². The molecular weight excluding hydrogens is 265 g/mol. The first kappa shape index (κ1) is 14.6. The molecule has 1 unspecified atom stereocenters. The van der Waals surface area contributed by atoms with Crippen molar-refractivity contribution in [3.8, 4) is 0 Å². The number of hydrogen-bond acceptors (Lipinski definition) is 5. The van der Waals surface area contributed by atoms with E-state index in [1.54, 1.807) is 6.92 Å². The number of ketones is 1. The zero-order valence-corrected chi connectivity index (χ0v) is 11.2. The summed E-state index contributed by atoms with van der Waals surface area (Å²) in [5, 5.41) is 0. The minimum absolute atomic E-state index is 0.0371. The highest BCUT2D eigenvalue weighted by molar-refractivity contribution is 6.04. The molecule has 1 saturated heterocycles. The lowest BCUT2D eigenvalue weighted by Gasteiger charge is -2.33. The van der Waals surface area contributed by atoms with Crippen LogP contribution in [0.2, 0.25) is 0 Å². The monoisotopic (exact) mass is 281 g/mol. The minimum Gasteiger partial charge on any atom is -0.465 e. The zero-order chi connectivity index (χ0) is 14.6. The van der Waals surface area contributed by atoms with Gasteiger partial charge in [0.05, 0.1) is 26.0 Å². The van der Waals surface area contributed by atoms with Crippen LogP contribution in [0, 0.1) is 11.2 Å². The van der Waals surface area contributed by atoms with Crippen molar-refractivity contribution in [1.29, 1.82) is 0 Å². The molecule has 0 aromatic carbocycles. The standard InChI is InChI=1S/C14H16FNO4/c1-2-20-13(18)14(9-19-4-3-12(14)17)6-10-5-11(15)8-16-7-10/h5,7-8H,2-4,6,9H2,1H3. The molecule has 5 nitrogen and oxygen atoms in total. The van der Waals surface area contributed by atoms with Gasteiger partial charge in [-0.3, -0.25) is 14.6 Å². The highest BCUT2D eigenvalue weighted by Gasteiger charge is 2.49. The van der Waals surface area contributed by atoms with Crippen molar-refractivity contribution in [2.24, 2.45) is 5.41 Å². The van der Waals surface area contributed by atoms with E-state index in [9.17, 15) is 14.0 Å². The van der Waals surface area contributed by atoms with Gasteiger partial charge >= 0.3 is 5.97 Å². The van der Waals surface area contributed by atoms with Crippen LogP contribution in [0.3, 0.4) is 0 Å². The molecule has 1 aromatic rings. The van der Waals surface area contributed by atoms with E-state index in [1.807, 2.05) is 0 Å². The highest BCUT2D eigenvalue weighted by Crippen LogP contribution is 2.31. The fourth-order valence-electron chi connectivity index (χ4n) is 2.30. The van der Waals surface area contributed by atoms with E-state index in [0.717, 1.165) is 6.20 Å². The van der Waals surface area contributed by atoms with Gasteiger partial charge in [-0.2, -0.15) is 0 Å². The molecule has 1 aromatic heterocycles. The molecule has 2 heterocycles. The third-order valence-electron chi connectivity index (χ3n) is 3.29. The van der Waals surface area contributed by atoms with E-state index < -0.39 is 17.2 Å². The van der Waals surface area contributed by atoms with Crippen molar-refractivity contribution in [1.82, 2.24) is 4.98 Å². The van der Waals surface area contributed by atoms with E-state index >= 15 is 0 Å². The summed E-state index contributed by atoms with van der Waals surface area (Å²) < 4.78 is 23.5.